The van der Waals surface area contributed by atoms with Crippen LogP contribution in [0.3, 0.4) is 0 Å². The van der Waals surface area contributed by atoms with Gasteiger partial charge in [-0.05, 0) is 29.8 Å². The second-order valence-corrected chi connectivity index (χ2v) is 3.91. The zero-order valence-corrected chi connectivity index (χ0v) is 10.4. The number of carbonyl (C=O) groups is 1. The molecule has 0 amide bonds. The maximum Gasteiger partial charge on any atom is 0.356 e. The number of ether oxygens (including phenoxy) is 1. The van der Waals surface area contributed by atoms with Gasteiger partial charge >= 0.3 is 5.97 Å². The summed E-state index contributed by atoms with van der Waals surface area (Å²) in [6.07, 6.45) is 1.53. The highest BCUT2D eigenvalue weighted by atomic mass is 19.1. The van der Waals surface area contributed by atoms with Gasteiger partial charge in [0, 0.05) is 6.54 Å². The summed E-state index contributed by atoms with van der Waals surface area (Å²) in [5, 5.41) is 3.09. The molecule has 0 atom stereocenters. The molecule has 0 aliphatic heterocycles. The average molecular weight is 260 g/mol. The number of benzene rings is 1. The van der Waals surface area contributed by atoms with Crippen molar-refractivity contribution < 1.29 is 13.9 Å². The van der Waals surface area contributed by atoms with E-state index >= 15 is 0 Å². The van der Waals surface area contributed by atoms with Gasteiger partial charge in [0.05, 0.1) is 19.0 Å². The van der Waals surface area contributed by atoms with E-state index in [-0.39, 0.29) is 11.5 Å². The van der Waals surface area contributed by atoms with Gasteiger partial charge in [0.2, 0.25) is 0 Å². The van der Waals surface area contributed by atoms with Gasteiger partial charge in [-0.25, -0.2) is 14.2 Å². The van der Waals surface area contributed by atoms with Gasteiger partial charge in [-0.2, -0.15) is 0 Å². The van der Waals surface area contributed by atoms with E-state index in [1.807, 2.05) is 6.07 Å². The lowest BCUT2D eigenvalue weighted by atomic mass is 10.2. The molecular weight excluding hydrogens is 247 g/mol. The van der Waals surface area contributed by atoms with E-state index in [1.54, 1.807) is 18.2 Å². The predicted octanol–water partition coefficient (Wildman–Crippen LogP) is 2.62. The minimum atomic E-state index is -0.475. The van der Waals surface area contributed by atoms with Crippen molar-refractivity contribution in [1.29, 1.82) is 0 Å². The Kier molecular flexibility index (Phi) is 4.07. The van der Waals surface area contributed by atoms with Crippen LogP contribution in [0.2, 0.25) is 0 Å². The molecule has 1 heterocycles. The van der Waals surface area contributed by atoms with Crippen LogP contribution in [0, 0.1) is 5.82 Å². The minimum absolute atomic E-state index is 0.249. The number of esters is 1. The lowest BCUT2D eigenvalue weighted by Crippen LogP contribution is -2.05. The first-order chi connectivity index (χ1) is 9.19. The van der Waals surface area contributed by atoms with Crippen molar-refractivity contribution in [2.75, 3.05) is 12.4 Å². The Bertz CT molecular complexity index is 570. The average Bonchev–Trinajstić information content (AvgIpc) is 2.45. The first-order valence-electron chi connectivity index (χ1n) is 5.72. The third kappa shape index (κ3) is 3.51. The number of hydrogen-bond acceptors (Lipinski definition) is 4. The Balaban J connectivity index is 1.98. The number of halogens is 1. The lowest BCUT2D eigenvalue weighted by Gasteiger charge is -2.06. The maximum atomic E-state index is 13.0. The van der Waals surface area contributed by atoms with Crippen molar-refractivity contribution in [3.63, 3.8) is 0 Å². The molecule has 2 rings (SSSR count). The number of anilines is 1. The molecular formula is C14H13FN2O2. The molecule has 0 fully saturated rings. The molecule has 0 bridgehead atoms. The Labute approximate surface area is 110 Å². The number of nitrogens with zero attached hydrogens (tertiary/aromatic N) is 1. The summed E-state index contributed by atoms with van der Waals surface area (Å²) in [6, 6.07) is 9.63. The second-order valence-electron chi connectivity index (χ2n) is 3.91. The Morgan fingerprint density at radius 1 is 1.37 bits per heavy atom. The van der Waals surface area contributed by atoms with Crippen molar-refractivity contribution >= 4 is 11.7 Å². The molecule has 2 aromatic rings. The molecule has 0 saturated carbocycles. The van der Waals surface area contributed by atoms with Crippen LogP contribution in [0.4, 0.5) is 10.1 Å². The SMILES string of the molecule is COC(=O)c1ccc(NCc2cccc(F)c2)cn1. The van der Waals surface area contributed by atoms with Crippen molar-refractivity contribution in [2.24, 2.45) is 0 Å². The molecule has 1 aromatic carbocycles. The van der Waals surface area contributed by atoms with Gasteiger partial charge in [-0.1, -0.05) is 12.1 Å². The number of aromatic nitrogens is 1. The van der Waals surface area contributed by atoms with Crippen LogP contribution >= 0.6 is 0 Å². The summed E-state index contributed by atoms with van der Waals surface area (Å²) < 4.78 is 17.5. The van der Waals surface area contributed by atoms with Gasteiger partial charge in [0.1, 0.15) is 11.5 Å². The fourth-order valence-electron chi connectivity index (χ4n) is 1.57. The van der Waals surface area contributed by atoms with E-state index in [1.165, 1.54) is 25.4 Å². The Morgan fingerprint density at radius 3 is 2.84 bits per heavy atom. The van der Waals surface area contributed by atoms with Crippen LogP contribution in [0.1, 0.15) is 16.1 Å². The summed E-state index contributed by atoms with van der Waals surface area (Å²) in [5.74, 6) is -0.741. The van der Waals surface area contributed by atoms with Crippen LogP contribution in [0.15, 0.2) is 42.6 Å². The Morgan fingerprint density at radius 2 is 2.21 bits per heavy atom. The van der Waals surface area contributed by atoms with Gasteiger partial charge < -0.3 is 10.1 Å². The molecule has 1 aromatic heterocycles. The van der Waals surface area contributed by atoms with E-state index < -0.39 is 5.97 Å². The molecule has 0 radical (unpaired) electrons. The number of carbonyl (C=O) groups excluding carboxylic acids is 1. The van der Waals surface area contributed by atoms with Crippen molar-refractivity contribution in [3.8, 4) is 0 Å². The van der Waals surface area contributed by atoms with E-state index in [0.717, 1.165) is 11.3 Å². The molecule has 0 aliphatic rings. The molecule has 1 N–H and O–H groups in total. The first-order valence-corrected chi connectivity index (χ1v) is 5.72. The van der Waals surface area contributed by atoms with Crippen molar-refractivity contribution in [2.45, 2.75) is 6.54 Å². The summed E-state index contributed by atoms with van der Waals surface area (Å²) in [6.45, 7) is 0.483. The molecule has 0 aliphatic carbocycles. The van der Waals surface area contributed by atoms with Crippen molar-refractivity contribution in [3.05, 3.63) is 59.7 Å². The number of hydrogen-bond donors (Lipinski definition) is 1. The van der Waals surface area contributed by atoms with Crippen LogP contribution in [0.25, 0.3) is 0 Å². The second kappa shape index (κ2) is 5.95. The molecule has 0 spiro atoms. The third-order valence-corrected chi connectivity index (χ3v) is 2.54. The fraction of sp³-hybridized carbons (Fsp3) is 0.143. The standard InChI is InChI=1S/C14H13FN2O2/c1-19-14(18)13-6-5-12(9-17-13)16-8-10-3-2-4-11(15)7-10/h2-7,9,16H,8H2,1H3. The van der Waals surface area contributed by atoms with Gasteiger partial charge in [0.15, 0.2) is 0 Å². The molecule has 19 heavy (non-hydrogen) atoms. The topological polar surface area (TPSA) is 51.2 Å². The highest BCUT2D eigenvalue weighted by Gasteiger charge is 2.05. The predicted molar refractivity (Wildman–Crippen MR) is 69.3 cm³/mol. The molecule has 5 heteroatoms. The normalized spacial score (nSPS) is 10.0. The molecule has 0 saturated heterocycles. The van der Waals surface area contributed by atoms with Gasteiger partial charge in [-0.3, -0.25) is 0 Å². The zero-order valence-electron chi connectivity index (χ0n) is 10.4. The quantitative estimate of drug-likeness (QED) is 0.858. The molecule has 98 valence electrons. The number of pyridine rings is 1. The minimum Gasteiger partial charge on any atom is -0.464 e. The van der Waals surface area contributed by atoms with Crippen LogP contribution in [-0.4, -0.2) is 18.1 Å². The summed E-state index contributed by atoms with van der Waals surface area (Å²) >= 11 is 0. The van der Waals surface area contributed by atoms with Gasteiger partial charge in [-0.15, -0.1) is 0 Å². The summed E-state index contributed by atoms with van der Waals surface area (Å²) in [7, 11) is 1.31. The summed E-state index contributed by atoms with van der Waals surface area (Å²) in [5.41, 5.74) is 1.83. The lowest BCUT2D eigenvalue weighted by molar-refractivity contribution is 0.0594. The monoisotopic (exact) mass is 260 g/mol. The summed E-state index contributed by atoms with van der Waals surface area (Å²) in [4.78, 5) is 15.2. The van der Waals surface area contributed by atoms with Gasteiger partial charge in [0.25, 0.3) is 0 Å². The van der Waals surface area contributed by atoms with E-state index in [0.29, 0.717) is 6.54 Å². The molecule has 0 unspecified atom stereocenters. The zero-order chi connectivity index (χ0) is 13.7. The largest absolute Gasteiger partial charge is 0.464 e. The highest BCUT2D eigenvalue weighted by molar-refractivity contribution is 5.87. The van der Waals surface area contributed by atoms with Crippen LogP contribution in [0.5, 0.6) is 0 Å². The molecule has 4 nitrogen and oxygen atoms in total. The Hall–Kier alpha value is -2.43. The first kappa shape index (κ1) is 13.0. The van der Waals surface area contributed by atoms with E-state index in [9.17, 15) is 9.18 Å². The van der Waals surface area contributed by atoms with Crippen molar-refractivity contribution in [1.82, 2.24) is 4.98 Å². The fourth-order valence-corrected chi connectivity index (χ4v) is 1.57. The smallest absolute Gasteiger partial charge is 0.356 e. The third-order valence-electron chi connectivity index (χ3n) is 2.54. The van der Waals surface area contributed by atoms with E-state index in [4.69, 9.17) is 0 Å². The maximum absolute atomic E-state index is 13.0. The number of rotatable bonds is 4. The van der Waals surface area contributed by atoms with Crippen LogP contribution < -0.4 is 5.32 Å². The number of nitrogens with one attached hydrogen (secondary N) is 1. The van der Waals surface area contributed by atoms with E-state index in [2.05, 4.69) is 15.0 Å². The highest BCUT2D eigenvalue weighted by Crippen LogP contribution is 2.10. The number of methoxy groups -OCH3 is 1. The van der Waals surface area contributed by atoms with Crippen LogP contribution in [-0.2, 0) is 11.3 Å².